The van der Waals surface area contributed by atoms with E-state index < -0.39 is 0 Å². The minimum absolute atomic E-state index is 0.0584. The molecule has 2 rings (SSSR count). The van der Waals surface area contributed by atoms with E-state index >= 15 is 0 Å². The summed E-state index contributed by atoms with van der Waals surface area (Å²) in [5, 5.41) is 0. The number of esters is 1. The summed E-state index contributed by atoms with van der Waals surface area (Å²) in [5.41, 5.74) is 3.12. The molecule has 1 heterocycles. The molecule has 0 fully saturated rings. The summed E-state index contributed by atoms with van der Waals surface area (Å²) in [5.74, 6) is -0.616. The maximum Gasteiger partial charge on any atom is 0.326 e. The highest BCUT2D eigenvalue weighted by Crippen LogP contribution is 2.23. The lowest BCUT2D eigenvalue weighted by Crippen LogP contribution is -2.22. The second-order valence-electron chi connectivity index (χ2n) is 4.84. The molecule has 21 heavy (non-hydrogen) atoms. The minimum atomic E-state index is -0.332. The number of carbonyl (C=O) groups excluding carboxylic acids is 2. The van der Waals surface area contributed by atoms with E-state index in [9.17, 15) is 9.59 Å². The van der Waals surface area contributed by atoms with Crippen LogP contribution in [-0.2, 0) is 20.9 Å². The number of rotatable bonds is 3. The molecule has 6 heteroatoms. The highest BCUT2D eigenvalue weighted by molar-refractivity contribution is 7.16. The van der Waals surface area contributed by atoms with Gasteiger partial charge in [-0.15, -0.1) is 0 Å². The van der Waals surface area contributed by atoms with E-state index in [0.29, 0.717) is 11.4 Å². The van der Waals surface area contributed by atoms with Gasteiger partial charge in [-0.2, -0.15) is 4.99 Å². The highest BCUT2D eigenvalue weighted by atomic mass is 32.1. The van der Waals surface area contributed by atoms with Crippen molar-refractivity contribution in [1.82, 2.24) is 4.57 Å². The molecular weight excluding hydrogens is 288 g/mol. The summed E-state index contributed by atoms with van der Waals surface area (Å²) in [6.07, 6.45) is 0. The first kappa shape index (κ1) is 15.4. The molecule has 0 N–H and O–H groups in total. The van der Waals surface area contributed by atoms with Gasteiger partial charge in [0.05, 0.1) is 16.8 Å². The smallest absolute Gasteiger partial charge is 0.326 e. The number of aryl methyl sites for hydroxylation is 2. The van der Waals surface area contributed by atoms with Gasteiger partial charge in [0, 0.05) is 6.92 Å². The Morgan fingerprint density at radius 2 is 2.05 bits per heavy atom. The highest BCUT2D eigenvalue weighted by Gasteiger charge is 2.13. The molecule has 0 aliphatic heterocycles. The first-order valence-corrected chi connectivity index (χ1v) is 7.55. The van der Waals surface area contributed by atoms with Crippen LogP contribution in [0, 0.1) is 13.8 Å². The van der Waals surface area contributed by atoms with Gasteiger partial charge in [-0.1, -0.05) is 17.4 Å². The van der Waals surface area contributed by atoms with Gasteiger partial charge in [-0.25, -0.2) is 0 Å². The molecule has 0 atom stereocenters. The van der Waals surface area contributed by atoms with Crippen molar-refractivity contribution in [2.24, 2.45) is 4.99 Å². The van der Waals surface area contributed by atoms with Gasteiger partial charge in [0.2, 0.25) is 5.91 Å². The van der Waals surface area contributed by atoms with Gasteiger partial charge in [0.25, 0.3) is 0 Å². The van der Waals surface area contributed by atoms with Crippen LogP contribution in [0.5, 0.6) is 0 Å². The number of amides is 1. The second kappa shape index (κ2) is 6.22. The normalized spacial score (nSPS) is 11.9. The van der Waals surface area contributed by atoms with Crippen molar-refractivity contribution in [3.05, 3.63) is 28.1 Å². The number of nitrogens with zero attached hydrogens (tertiary/aromatic N) is 2. The van der Waals surface area contributed by atoms with Crippen LogP contribution in [0.25, 0.3) is 10.2 Å². The Kier molecular flexibility index (Phi) is 4.57. The van der Waals surface area contributed by atoms with Crippen LogP contribution in [0.4, 0.5) is 0 Å². The fraction of sp³-hybridized carbons (Fsp3) is 0.400. The number of carbonyl (C=O) groups is 2. The van der Waals surface area contributed by atoms with Crippen LogP contribution >= 0.6 is 11.3 Å². The Hall–Kier alpha value is -1.95. The van der Waals surface area contributed by atoms with E-state index in [1.54, 1.807) is 11.5 Å². The molecule has 1 amide bonds. The molecule has 0 saturated heterocycles. The Bertz CT molecular complexity index is 771. The Morgan fingerprint density at radius 1 is 1.33 bits per heavy atom. The van der Waals surface area contributed by atoms with E-state index in [1.807, 2.05) is 19.9 Å². The summed E-state index contributed by atoms with van der Waals surface area (Å²) in [4.78, 5) is 27.7. The molecule has 0 spiro atoms. The van der Waals surface area contributed by atoms with E-state index in [1.165, 1.54) is 18.3 Å². The summed E-state index contributed by atoms with van der Waals surface area (Å²) in [6.45, 7) is 7.57. The SMILES string of the molecule is CCOC(=O)Cn1c(=NC(C)=O)sc2c(C)cc(C)cc21. The lowest BCUT2D eigenvalue weighted by Gasteiger charge is -2.06. The molecule has 0 aliphatic rings. The van der Waals surface area contributed by atoms with Crippen LogP contribution in [0.2, 0.25) is 0 Å². The van der Waals surface area contributed by atoms with Crippen molar-refractivity contribution in [2.45, 2.75) is 34.2 Å². The summed E-state index contributed by atoms with van der Waals surface area (Å²) in [6, 6.07) is 4.07. The van der Waals surface area contributed by atoms with E-state index in [0.717, 1.165) is 21.3 Å². The molecule has 2 aromatic rings. The number of fused-ring (bicyclic) bond motifs is 1. The van der Waals surface area contributed by atoms with E-state index in [4.69, 9.17) is 4.74 Å². The van der Waals surface area contributed by atoms with Gasteiger partial charge in [0.1, 0.15) is 6.54 Å². The average Bonchev–Trinajstić information content (AvgIpc) is 2.68. The molecule has 0 unspecified atom stereocenters. The zero-order valence-electron chi connectivity index (χ0n) is 12.6. The molecule has 0 saturated carbocycles. The molecule has 1 aromatic carbocycles. The van der Waals surface area contributed by atoms with Crippen LogP contribution < -0.4 is 4.80 Å². The average molecular weight is 306 g/mol. The van der Waals surface area contributed by atoms with Crippen molar-refractivity contribution in [3.8, 4) is 0 Å². The number of aromatic nitrogens is 1. The quantitative estimate of drug-likeness (QED) is 0.818. The standard InChI is InChI=1S/C15H18N2O3S/c1-5-20-13(19)8-17-12-7-9(2)6-10(3)14(12)21-15(17)16-11(4)18/h6-7H,5,8H2,1-4H3. The number of thiazole rings is 1. The van der Waals surface area contributed by atoms with Gasteiger partial charge >= 0.3 is 5.97 Å². The van der Waals surface area contributed by atoms with Gasteiger partial charge < -0.3 is 9.30 Å². The van der Waals surface area contributed by atoms with Gasteiger partial charge in [-0.3, -0.25) is 9.59 Å². The Morgan fingerprint density at radius 3 is 2.67 bits per heavy atom. The topological polar surface area (TPSA) is 60.7 Å². The molecule has 112 valence electrons. The second-order valence-corrected chi connectivity index (χ2v) is 5.81. The number of hydrogen-bond acceptors (Lipinski definition) is 4. The largest absolute Gasteiger partial charge is 0.465 e. The third-order valence-corrected chi connectivity index (χ3v) is 4.19. The van der Waals surface area contributed by atoms with Gasteiger partial charge in [-0.05, 0) is 38.0 Å². The predicted octanol–water partition coefficient (Wildman–Crippen LogP) is 2.33. The summed E-state index contributed by atoms with van der Waals surface area (Å²) in [7, 11) is 0. The first-order chi connectivity index (χ1) is 9.92. The first-order valence-electron chi connectivity index (χ1n) is 6.74. The monoisotopic (exact) mass is 306 g/mol. The van der Waals surface area contributed by atoms with Crippen molar-refractivity contribution in [3.63, 3.8) is 0 Å². The van der Waals surface area contributed by atoms with Crippen LogP contribution in [-0.4, -0.2) is 23.1 Å². The Labute approximate surface area is 126 Å². The van der Waals surface area contributed by atoms with Crippen LogP contribution in [0.3, 0.4) is 0 Å². The van der Waals surface area contributed by atoms with Gasteiger partial charge in [0.15, 0.2) is 4.80 Å². The van der Waals surface area contributed by atoms with E-state index in [-0.39, 0.29) is 18.4 Å². The van der Waals surface area contributed by atoms with Crippen LogP contribution in [0.1, 0.15) is 25.0 Å². The maximum atomic E-state index is 11.8. The third-order valence-electron chi connectivity index (χ3n) is 2.96. The fourth-order valence-corrected chi connectivity index (χ4v) is 3.34. The molecule has 0 bridgehead atoms. The maximum absolute atomic E-state index is 11.8. The summed E-state index contributed by atoms with van der Waals surface area (Å²) >= 11 is 1.42. The van der Waals surface area contributed by atoms with E-state index in [2.05, 4.69) is 11.1 Å². The fourth-order valence-electron chi connectivity index (χ4n) is 2.22. The molecule has 0 radical (unpaired) electrons. The zero-order chi connectivity index (χ0) is 15.6. The Balaban J connectivity index is 2.68. The van der Waals surface area contributed by atoms with Crippen molar-refractivity contribution in [2.75, 3.05) is 6.61 Å². The molecular formula is C15H18N2O3S. The molecule has 5 nitrogen and oxygen atoms in total. The molecule has 1 aromatic heterocycles. The number of benzene rings is 1. The minimum Gasteiger partial charge on any atom is -0.465 e. The third kappa shape index (κ3) is 3.39. The van der Waals surface area contributed by atoms with Crippen molar-refractivity contribution >= 4 is 33.4 Å². The molecule has 0 aliphatic carbocycles. The zero-order valence-corrected chi connectivity index (χ0v) is 13.4. The predicted molar refractivity (Wildman–Crippen MR) is 82.2 cm³/mol. The lowest BCUT2D eigenvalue weighted by atomic mass is 10.1. The lowest BCUT2D eigenvalue weighted by molar-refractivity contribution is -0.143. The number of ether oxygens (including phenoxy) is 1. The van der Waals surface area contributed by atoms with Crippen molar-refractivity contribution < 1.29 is 14.3 Å². The number of hydrogen-bond donors (Lipinski definition) is 0. The van der Waals surface area contributed by atoms with Crippen molar-refractivity contribution in [1.29, 1.82) is 0 Å². The van der Waals surface area contributed by atoms with Crippen LogP contribution in [0.15, 0.2) is 17.1 Å². The summed E-state index contributed by atoms with van der Waals surface area (Å²) < 4.78 is 7.78.